The van der Waals surface area contributed by atoms with Crippen LogP contribution in [0.5, 0.6) is 0 Å². The largest absolute Gasteiger partial charge is 0.308 e. The Hall–Kier alpha value is -0.390. The van der Waals surface area contributed by atoms with E-state index in [1.807, 2.05) is 19.1 Å². The number of sulfone groups is 1. The Kier molecular flexibility index (Phi) is 4.38. The number of hydrogen-bond donors (Lipinski definition) is 1. The van der Waals surface area contributed by atoms with Crippen LogP contribution in [0.4, 0.5) is 0 Å². The Labute approximate surface area is 123 Å². The molecule has 2 atom stereocenters. The second kappa shape index (κ2) is 5.54. The van der Waals surface area contributed by atoms with Gasteiger partial charge in [0, 0.05) is 16.1 Å². The van der Waals surface area contributed by atoms with Crippen molar-refractivity contribution >= 4 is 25.8 Å². The standard InChI is InChI=1S/C14H20BrNO2S/c1-11(9-12-3-5-13(15)6-4-12)16-14(2)7-8-19(17,18)10-14/h3-6,11,16H,7-10H2,1-2H3. The van der Waals surface area contributed by atoms with E-state index in [0.29, 0.717) is 12.2 Å². The van der Waals surface area contributed by atoms with Crippen molar-refractivity contribution in [3.8, 4) is 0 Å². The molecule has 0 saturated carbocycles. The highest BCUT2D eigenvalue weighted by Gasteiger charge is 2.38. The Morgan fingerprint density at radius 2 is 2.00 bits per heavy atom. The minimum atomic E-state index is -2.85. The summed E-state index contributed by atoms with van der Waals surface area (Å²) in [5.41, 5.74) is 0.987. The molecule has 3 nitrogen and oxygen atoms in total. The van der Waals surface area contributed by atoms with E-state index in [-0.39, 0.29) is 17.3 Å². The van der Waals surface area contributed by atoms with Crippen LogP contribution in [-0.2, 0) is 16.3 Å². The maximum atomic E-state index is 11.6. The molecule has 1 fully saturated rings. The first kappa shape index (κ1) is 15.0. The molecule has 1 aromatic rings. The number of nitrogens with one attached hydrogen (secondary N) is 1. The van der Waals surface area contributed by atoms with Crippen molar-refractivity contribution in [1.82, 2.24) is 5.32 Å². The molecule has 0 aliphatic carbocycles. The van der Waals surface area contributed by atoms with Gasteiger partial charge < -0.3 is 5.32 Å². The molecular formula is C14H20BrNO2S. The Morgan fingerprint density at radius 3 is 2.53 bits per heavy atom. The lowest BCUT2D eigenvalue weighted by Gasteiger charge is -2.28. The monoisotopic (exact) mass is 345 g/mol. The third-order valence-corrected chi connectivity index (χ3v) is 5.99. The summed E-state index contributed by atoms with van der Waals surface area (Å²) in [7, 11) is -2.85. The van der Waals surface area contributed by atoms with Crippen LogP contribution in [0, 0.1) is 0 Å². The molecule has 106 valence electrons. The SMILES string of the molecule is CC(Cc1ccc(Br)cc1)NC1(C)CCS(=O)(=O)C1. The molecule has 1 aliphatic rings. The first-order chi connectivity index (χ1) is 8.78. The van der Waals surface area contributed by atoms with Crippen LogP contribution in [0.2, 0.25) is 0 Å². The molecule has 0 aromatic heterocycles. The van der Waals surface area contributed by atoms with Crippen molar-refractivity contribution in [3.63, 3.8) is 0 Å². The van der Waals surface area contributed by atoms with Gasteiger partial charge in [0.2, 0.25) is 0 Å². The van der Waals surface area contributed by atoms with E-state index in [1.165, 1.54) is 5.56 Å². The van der Waals surface area contributed by atoms with Crippen molar-refractivity contribution in [2.75, 3.05) is 11.5 Å². The van der Waals surface area contributed by atoms with Gasteiger partial charge in [0.15, 0.2) is 9.84 Å². The lowest BCUT2D eigenvalue weighted by atomic mass is 9.98. The van der Waals surface area contributed by atoms with Crippen molar-refractivity contribution in [2.24, 2.45) is 0 Å². The van der Waals surface area contributed by atoms with Crippen LogP contribution in [0.3, 0.4) is 0 Å². The maximum Gasteiger partial charge on any atom is 0.152 e. The second-order valence-electron chi connectivity index (χ2n) is 5.78. The normalized spacial score (nSPS) is 27.3. The zero-order valence-corrected chi connectivity index (χ0v) is 13.7. The summed E-state index contributed by atoms with van der Waals surface area (Å²) in [6, 6.07) is 8.51. The van der Waals surface area contributed by atoms with E-state index in [0.717, 1.165) is 10.9 Å². The molecule has 0 bridgehead atoms. The van der Waals surface area contributed by atoms with E-state index in [4.69, 9.17) is 0 Å². The van der Waals surface area contributed by atoms with E-state index < -0.39 is 9.84 Å². The summed E-state index contributed by atoms with van der Waals surface area (Å²) >= 11 is 3.42. The zero-order valence-electron chi connectivity index (χ0n) is 11.3. The molecule has 0 amide bonds. The highest BCUT2D eigenvalue weighted by Crippen LogP contribution is 2.24. The molecule has 1 aromatic carbocycles. The van der Waals surface area contributed by atoms with Crippen LogP contribution in [-0.4, -0.2) is 31.5 Å². The van der Waals surface area contributed by atoms with Gasteiger partial charge in [-0.3, -0.25) is 0 Å². The summed E-state index contributed by atoms with van der Waals surface area (Å²) in [6.07, 6.45) is 1.61. The molecule has 1 aliphatic heterocycles. The Balaban J connectivity index is 1.94. The minimum Gasteiger partial charge on any atom is -0.308 e. The van der Waals surface area contributed by atoms with Crippen LogP contribution in [0.1, 0.15) is 25.8 Å². The molecule has 1 N–H and O–H groups in total. The molecule has 2 unspecified atom stereocenters. The summed E-state index contributed by atoms with van der Waals surface area (Å²) in [6.45, 7) is 4.12. The molecule has 5 heteroatoms. The first-order valence-corrected chi connectivity index (χ1v) is 9.12. The third kappa shape index (κ3) is 4.29. The van der Waals surface area contributed by atoms with Crippen molar-refractivity contribution in [1.29, 1.82) is 0 Å². The second-order valence-corrected chi connectivity index (χ2v) is 8.88. The Morgan fingerprint density at radius 1 is 1.37 bits per heavy atom. The van der Waals surface area contributed by atoms with Crippen LogP contribution < -0.4 is 5.32 Å². The van der Waals surface area contributed by atoms with Gasteiger partial charge in [-0.25, -0.2) is 8.42 Å². The molecule has 19 heavy (non-hydrogen) atoms. The molecule has 1 saturated heterocycles. The third-order valence-electron chi connectivity index (χ3n) is 3.55. The minimum absolute atomic E-state index is 0.255. The van der Waals surface area contributed by atoms with Gasteiger partial charge in [-0.1, -0.05) is 28.1 Å². The van der Waals surface area contributed by atoms with Gasteiger partial charge in [0.05, 0.1) is 11.5 Å². The lowest BCUT2D eigenvalue weighted by Crippen LogP contribution is -2.48. The predicted molar refractivity (Wildman–Crippen MR) is 82.1 cm³/mol. The van der Waals surface area contributed by atoms with Gasteiger partial charge in [0.1, 0.15) is 0 Å². The maximum absolute atomic E-state index is 11.6. The molecule has 0 spiro atoms. The van der Waals surface area contributed by atoms with Gasteiger partial charge in [-0.15, -0.1) is 0 Å². The predicted octanol–water partition coefficient (Wildman–Crippen LogP) is 2.55. The van der Waals surface area contributed by atoms with Crippen LogP contribution >= 0.6 is 15.9 Å². The summed E-state index contributed by atoms with van der Waals surface area (Å²) in [5.74, 6) is 0.562. The highest BCUT2D eigenvalue weighted by molar-refractivity contribution is 9.10. The zero-order chi connectivity index (χ0) is 14.1. The van der Waals surface area contributed by atoms with Crippen molar-refractivity contribution in [2.45, 2.75) is 38.3 Å². The average molecular weight is 346 g/mol. The average Bonchev–Trinajstić information content (AvgIpc) is 2.56. The van der Waals surface area contributed by atoms with Gasteiger partial charge in [-0.05, 0) is 44.4 Å². The van der Waals surface area contributed by atoms with E-state index in [1.54, 1.807) is 0 Å². The molecule has 0 radical (unpaired) electrons. The quantitative estimate of drug-likeness (QED) is 0.911. The number of rotatable bonds is 4. The first-order valence-electron chi connectivity index (χ1n) is 6.51. The van der Waals surface area contributed by atoms with Gasteiger partial charge in [0.25, 0.3) is 0 Å². The van der Waals surface area contributed by atoms with Crippen LogP contribution in [0.15, 0.2) is 28.7 Å². The lowest BCUT2D eigenvalue weighted by molar-refractivity contribution is 0.349. The van der Waals surface area contributed by atoms with E-state index >= 15 is 0 Å². The van der Waals surface area contributed by atoms with Gasteiger partial charge >= 0.3 is 0 Å². The van der Waals surface area contributed by atoms with Crippen molar-refractivity contribution < 1.29 is 8.42 Å². The smallest absolute Gasteiger partial charge is 0.152 e. The Bertz CT molecular complexity index is 541. The molecular weight excluding hydrogens is 326 g/mol. The van der Waals surface area contributed by atoms with E-state index in [9.17, 15) is 8.42 Å². The van der Waals surface area contributed by atoms with Crippen molar-refractivity contribution in [3.05, 3.63) is 34.3 Å². The number of benzene rings is 1. The number of halogens is 1. The molecule has 2 rings (SSSR count). The molecule has 1 heterocycles. The topological polar surface area (TPSA) is 46.2 Å². The summed E-state index contributed by atoms with van der Waals surface area (Å²) in [5, 5.41) is 3.48. The number of hydrogen-bond acceptors (Lipinski definition) is 3. The summed E-state index contributed by atoms with van der Waals surface area (Å²) in [4.78, 5) is 0. The summed E-state index contributed by atoms with van der Waals surface area (Å²) < 4.78 is 24.2. The van der Waals surface area contributed by atoms with E-state index in [2.05, 4.69) is 40.3 Å². The fourth-order valence-electron chi connectivity index (χ4n) is 2.74. The fourth-order valence-corrected chi connectivity index (χ4v) is 5.11. The fraction of sp³-hybridized carbons (Fsp3) is 0.571. The van der Waals surface area contributed by atoms with Crippen LogP contribution in [0.25, 0.3) is 0 Å². The van der Waals surface area contributed by atoms with Gasteiger partial charge in [-0.2, -0.15) is 0 Å². The highest BCUT2D eigenvalue weighted by atomic mass is 79.9.